The molecule has 0 fully saturated rings. The van der Waals surface area contributed by atoms with Crippen LogP contribution in [-0.4, -0.2) is 73.9 Å². The number of hydrogen-bond acceptors (Lipinski definition) is 13. The topological polar surface area (TPSA) is 136 Å². The van der Waals surface area contributed by atoms with E-state index in [4.69, 9.17) is 52.1 Å². The van der Waals surface area contributed by atoms with Crippen molar-refractivity contribution >= 4 is 11.9 Å². The fourth-order valence-electron chi connectivity index (χ4n) is 7.27. The second kappa shape index (κ2) is 15.9. The van der Waals surface area contributed by atoms with Crippen molar-refractivity contribution in [3.8, 4) is 51.7 Å². The summed E-state index contributed by atoms with van der Waals surface area (Å²) in [7, 11) is 10.8. The van der Waals surface area contributed by atoms with Crippen molar-refractivity contribution in [3.63, 3.8) is 0 Å². The van der Waals surface area contributed by atoms with E-state index in [2.05, 4.69) is 0 Å². The Morgan fingerprint density at radius 3 is 1.69 bits per heavy atom. The van der Waals surface area contributed by atoms with Crippen LogP contribution >= 0.6 is 0 Å². The molecule has 0 radical (unpaired) electrons. The van der Waals surface area contributed by atoms with E-state index < -0.39 is 42.3 Å². The average Bonchev–Trinajstić information content (AvgIpc) is 3.18. The lowest BCUT2D eigenvalue weighted by atomic mass is 9.77. The van der Waals surface area contributed by atoms with Crippen LogP contribution in [0, 0.1) is 0 Å². The molecule has 0 unspecified atom stereocenters. The normalized spacial score (nSPS) is 19.8. The second-order valence-corrected chi connectivity index (χ2v) is 12.6. The average molecular weight is 745 g/mol. The van der Waals surface area contributed by atoms with Crippen molar-refractivity contribution in [2.45, 2.75) is 50.6 Å². The van der Waals surface area contributed by atoms with Crippen LogP contribution in [0.15, 0.2) is 60.7 Å². The summed E-state index contributed by atoms with van der Waals surface area (Å²) in [6.45, 7) is 2.70. The van der Waals surface area contributed by atoms with Gasteiger partial charge in [0.15, 0.2) is 41.3 Å². The van der Waals surface area contributed by atoms with Gasteiger partial charge in [0.05, 0.1) is 55.7 Å². The molecule has 0 aliphatic carbocycles. The van der Waals surface area contributed by atoms with Gasteiger partial charge >= 0.3 is 11.9 Å². The van der Waals surface area contributed by atoms with Crippen molar-refractivity contribution in [1.29, 1.82) is 0 Å². The summed E-state index contributed by atoms with van der Waals surface area (Å²) in [5, 5.41) is 0. The van der Waals surface area contributed by atoms with Crippen molar-refractivity contribution in [3.05, 3.63) is 88.5 Å². The molecule has 5 atom stereocenters. The van der Waals surface area contributed by atoms with Crippen LogP contribution in [0.5, 0.6) is 51.7 Å². The number of methoxy groups -OCH3 is 7. The summed E-state index contributed by atoms with van der Waals surface area (Å²) < 4.78 is 65.8. The first-order valence-corrected chi connectivity index (χ1v) is 17.2. The molecule has 2 aliphatic rings. The minimum absolute atomic E-state index is 0.212. The Hall–Kier alpha value is -5.98. The highest BCUT2D eigenvalue weighted by Gasteiger charge is 2.48. The smallest absolute Gasteiger partial charge is 0.303 e. The van der Waals surface area contributed by atoms with Gasteiger partial charge in [-0.2, -0.15) is 0 Å². The van der Waals surface area contributed by atoms with Crippen LogP contribution in [0.4, 0.5) is 0 Å². The zero-order valence-electron chi connectivity index (χ0n) is 31.7. The van der Waals surface area contributed by atoms with Gasteiger partial charge in [-0.15, -0.1) is 0 Å². The molecule has 0 amide bonds. The summed E-state index contributed by atoms with van der Waals surface area (Å²) in [4.78, 5) is 25.6. The number of carbonyl (C=O) groups excluding carboxylic acids is 2. The van der Waals surface area contributed by atoms with Crippen LogP contribution in [0.25, 0.3) is 0 Å². The maximum atomic E-state index is 13.0. The Balaban J connectivity index is 1.63. The summed E-state index contributed by atoms with van der Waals surface area (Å²) in [6, 6.07) is 18.0. The number of ether oxygens (including phenoxy) is 11. The molecule has 4 aromatic rings. The van der Waals surface area contributed by atoms with Crippen LogP contribution in [-0.2, 0) is 25.5 Å². The third-order valence-electron chi connectivity index (χ3n) is 9.61. The third kappa shape index (κ3) is 7.05. The molecule has 4 aromatic carbocycles. The van der Waals surface area contributed by atoms with Gasteiger partial charge in [-0.25, -0.2) is 0 Å². The Morgan fingerprint density at radius 1 is 0.574 bits per heavy atom. The standard InChI is InChI=1S/C41H44O13/c1-21(42)51-35-19-27-30(47-6)20-34(50-9)37(40(27)54-38(35)23-10-14-28(45-4)32(16-23)48-7)36-26-13-12-25(44-3)18-31(26)53-39(41(36)52-22(2)43)24-11-15-29(46-5)33(17-24)49-8/h10-18,20,35-36,38-39,41H,19H2,1-9H3/t35-,36-,38-,39-,41-/m1/s1. The molecule has 0 N–H and O–H groups in total. The van der Waals surface area contributed by atoms with E-state index >= 15 is 0 Å². The van der Waals surface area contributed by atoms with Gasteiger partial charge < -0.3 is 52.1 Å². The predicted molar refractivity (Wildman–Crippen MR) is 195 cm³/mol. The first kappa shape index (κ1) is 37.8. The molecule has 286 valence electrons. The van der Waals surface area contributed by atoms with E-state index in [9.17, 15) is 9.59 Å². The summed E-state index contributed by atoms with van der Waals surface area (Å²) in [6.07, 6.45) is -3.20. The van der Waals surface area contributed by atoms with E-state index in [1.165, 1.54) is 21.0 Å². The highest BCUT2D eigenvalue weighted by molar-refractivity contribution is 5.69. The number of carbonyl (C=O) groups is 2. The van der Waals surface area contributed by atoms with E-state index in [1.807, 2.05) is 24.3 Å². The van der Waals surface area contributed by atoms with Crippen molar-refractivity contribution < 1.29 is 61.7 Å². The lowest BCUT2D eigenvalue weighted by Crippen LogP contribution is -2.40. The quantitative estimate of drug-likeness (QED) is 0.145. The van der Waals surface area contributed by atoms with Crippen molar-refractivity contribution in [2.75, 3.05) is 49.8 Å². The second-order valence-electron chi connectivity index (χ2n) is 12.6. The molecular weight excluding hydrogens is 700 g/mol. The van der Waals surface area contributed by atoms with E-state index in [0.29, 0.717) is 79.6 Å². The number of benzene rings is 4. The van der Waals surface area contributed by atoms with Crippen LogP contribution in [0.1, 0.15) is 59.8 Å². The first-order valence-electron chi connectivity index (χ1n) is 17.2. The largest absolute Gasteiger partial charge is 0.497 e. The molecule has 13 heteroatoms. The highest BCUT2D eigenvalue weighted by Crippen LogP contribution is 2.57. The Bertz CT molecular complexity index is 2020. The lowest BCUT2D eigenvalue weighted by molar-refractivity contribution is -0.153. The lowest BCUT2D eigenvalue weighted by Gasteiger charge is -2.42. The van der Waals surface area contributed by atoms with Gasteiger partial charge in [0.25, 0.3) is 0 Å². The van der Waals surface area contributed by atoms with Gasteiger partial charge in [-0.05, 0) is 30.3 Å². The maximum absolute atomic E-state index is 13.0. The fraction of sp³-hybridized carbons (Fsp3) is 0.366. The molecule has 2 heterocycles. The summed E-state index contributed by atoms with van der Waals surface area (Å²) >= 11 is 0. The third-order valence-corrected chi connectivity index (χ3v) is 9.61. The SMILES string of the molecule is COc1ccc2c(c1)O[C@H](c1ccc(OC)c(OC)c1)[C@H](OC(C)=O)[C@H]2c1c(OC)cc(OC)c2c1O[C@H](c1ccc(OC)c(OC)c1)[C@H](OC(C)=O)C2. The molecular formula is C41H44O13. The molecule has 2 aliphatic heterocycles. The van der Waals surface area contributed by atoms with Gasteiger partial charge in [0.1, 0.15) is 34.9 Å². The monoisotopic (exact) mass is 744 g/mol. The van der Waals surface area contributed by atoms with Gasteiger partial charge in [-0.3, -0.25) is 9.59 Å². The molecule has 54 heavy (non-hydrogen) atoms. The van der Waals surface area contributed by atoms with Crippen LogP contribution in [0.3, 0.4) is 0 Å². The van der Waals surface area contributed by atoms with Crippen LogP contribution < -0.4 is 42.6 Å². The number of rotatable bonds is 12. The van der Waals surface area contributed by atoms with Crippen molar-refractivity contribution in [2.24, 2.45) is 0 Å². The Morgan fingerprint density at radius 2 is 1.15 bits per heavy atom. The molecule has 0 bridgehead atoms. The molecule has 0 saturated carbocycles. The van der Waals surface area contributed by atoms with E-state index in [0.717, 1.165) is 0 Å². The molecule has 6 rings (SSSR count). The fourth-order valence-corrected chi connectivity index (χ4v) is 7.27. The van der Waals surface area contributed by atoms with Crippen LogP contribution in [0.2, 0.25) is 0 Å². The zero-order valence-corrected chi connectivity index (χ0v) is 31.7. The Labute approximate surface area is 313 Å². The van der Waals surface area contributed by atoms with Crippen molar-refractivity contribution in [1.82, 2.24) is 0 Å². The summed E-state index contributed by atoms with van der Waals surface area (Å²) in [5.74, 6) is 2.52. The van der Waals surface area contributed by atoms with Gasteiger partial charge in [-0.1, -0.05) is 18.2 Å². The number of hydrogen-bond donors (Lipinski definition) is 0. The van der Waals surface area contributed by atoms with E-state index in [1.54, 1.807) is 79.1 Å². The minimum atomic E-state index is -0.970. The predicted octanol–water partition coefficient (Wildman–Crippen LogP) is 6.55. The van der Waals surface area contributed by atoms with Gasteiger partial charge in [0.2, 0.25) is 0 Å². The Kier molecular flexibility index (Phi) is 11.2. The summed E-state index contributed by atoms with van der Waals surface area (Å²) in [5.41, 5.74) is 3.18. The maximum Gasteiger partial charge on any atom is 0.303 e. The molecule has 0 aromatic heterocycles. The molecule has 0 spiro atoms. The zero-order chi connectivity index (χ0) is 38.7. The highest BCUT2D eigenvalue weighted by atomic mass is 16.6. The number of esters is 2. The van der Waals surface area contributed by atoms with E-state index in [-0.39, 0.29) is 6.42 Å². The number of fused-ring (bicyclic) bond motifs is 2. The molecule has 13 nitrogen and oxygen atoms in total. The van der Waals surface area contributed by atoms with Gasteiger partial charge in [0, 0.05) is 60.2 Å². The molecule has 0 saturated heterocycles. The minimum Gasteiger partial charge on any atom is -0.497 e. The first-order chi connectivity index (χ1) is 26.1.